The Kier molecular flexibility index (Phi) is 3.10. The Morgan fingerprint density at radius 1 is 1.70 bits per heavy atom. The van der Waals surface area contributed by atoms with E-state index in [1.807, 2.05) is 0 Å². The Hall–Kier alpha value is -1.39. The predicted octanol–water partition coefficient (Wildman–Crippen LogP) is 1.14. The summed E-state index contributed by atoms with van der Waals surface area (Å²) in [6, 6.07) is 0. The summed E-state index contributed by atoms with van der Waals surface area (Å²) in [7, 11) is 0. The van der Waals surface area contributed by atoms with E-state index < -0.39 is 17.6 Å². The number of aliphatic hydroxyl groups is 1. The predicted molar refractivity (Wildman–Crippen MR) is 32.7 cm³/mol. The van der Waals surface area contributed by atoms with E-state index in [9.17, 15) is 4.79 Å². The number of hydrogen-bond acceptors (Lipinski definition) is 4. The van der Waals surface area contributed by atoms with Crippen molar-refractivity contribution >= 4 is 5.97 Å². The van der Waals surface area contributed by atoms with Gasteiger partial charge in [0.05, 0.1) is 6.20 Å². The van der Waals surface area contributed by atoms with Gasteiger partial charge in [0.15, 0.2) is 0 Å². The van der Waals surface area contributed by atoms with Crippen LogP contribution in [0.2, 0.25) is 0 Å². The van der Waals surface area contributed by atoms with Crippen LogP contribution in [0.15, 0.2) is 17.1 Å². The number of carboxylic acid groups (broad SMARTS) is 1. The zero-order valence-electron chi connectivity index (χ0n) is 5.40. The molecule has 0 saturated heterocycles. The molecule has 0 fully saturated rings. The molecule has 0 saturated carbocycles. The average Bonchev–Trinajstić information content (AvgIpc) is 1.87. The fourth-order valence-corrected chi connectivity index (χ4v) is 0.304. The van der Waals surface area contributed by atoms with Crippen molar-refractivity contribution in [2.24, 2.45) is 11.0 Å². The number of carbonyl (C=O) groups is 1. The highest BCUT2D eigenvalue weighted by Gasteiger charge is 2.14. The number of nitrogens with zero attached hydrogens (tertiary/aromatic N) is 1. The van der Waals surface area contributed by atoms with E-state index >= 15 is 0 Å². The van der Waals surface area contributed by atoms with Crippen molar-refractivity contribution in [3.8, 4) is 0 Å². The van der Waals surface area contributed by atoms with E-state index in [0.717, 1.165) is 6.20 Å². The summed E-state index contributed by atoms with van der Waals surface area (Å²) in [5.74, 6) is -2.55. The number of hydrogen-bond donors (Lipinski definition) is 3. The molecule has 5 nitrogen and oxygen atoms in total. The number of rotatable bonds is 3. The van der Waals surface area contributed by atoms with Crippen molar-refractivity contribution in [3.63, 3.8) is 0 Å². The van der Waals surface area contributed by atoms with Gasteiger partial charge in [0.25, 0.3) is 0 Å². The molecule has 1 atom stereocenters. The zero-order chi connectivity index (χ0) is 8.15. The van der Waals surface area contributed by atoms with Crippen molar-refractivity contribution in [1.29, 1.82) is 5.53 Å². The molecule has 56 valence electrons. The highest BCUT2D eigenvalue weighted by atomic mass is 16.4. The second-order valence-corrected chi connectivity index (χ2v) is 1.74. The molecule has 0 aromatic carbocycles. The third-order valence-corrected chi connectivity index (χ3v) is 1.01. The van der Waals surface area contributed by atoms with Gasteiger partial charge in [-0.3, -0.25) is 4.79 Å². The molecule has 0 aliphatic rings. The summed E-state index contributed by atoms with van der Waals surface area (Å²) in [6.45, 7) is 1.30. The lowest BCUT2D eigenvalue weighted by Gasteiger charge is -2.01. The molecule has 0 amide bonds. The molecule has 0 rings (SSSR count). The van der Waals surface area contributed by atoms with Crippen molar-refractivity contribution in [2.75, 3.05) is 0 Å². The van der Waals surface area contributed by atoms with Crippen LogP contribution in [-0.2, 0) is 4.79 Å². The van der Waals surface area contributed by atoms with Gasteiger partial charge in [-0.1, -0.05) is 0 Å². The maximum atomic E-state index is 10.1. The van der Waals surface area contributed by atoms with Crippen LogP contribution in [0, 0.1) is 11.4 Å². The van der Waals surface area contributed by atoms with Crippen molar-refractivity contribution in [1.82, 2.24) is 0 Å². The van der Waals surface area contributed by atoms with Crippen molar-refractivity contribution < 1.29 is 15.0 Å². The molecule has 3 N–H and O–H groups in total. The van der Waals surface area contributed by atoms with Gasteiger partial charge in [-0.25, -0.2) is 5.53 Å². The van der Waals surface area contributed by atoms with Crippen LogP contribution >= 0.6 is 0 Å². The lowest BCUT2D eigenvalue weighted by molar-refractivity contribution is -0.140. The smallest absolute Gasteiger partial charge is 0.313 e. The molecule has 1 unspecified atom stereocenters. The SMILES string of the molecule is CC(C(=O)O)C(O)=CN=N. The lowest BCUT2D eigenvalue weighted by atomic mass is 10.1. The molecular formula is C5H8N2O3. The number of aliphatic carboxylic acids is 1. The highest BCUT2D eigenvalue weighted by Crippen LogP contribution is 2.06. The Balaban J connectivity index is 4.19. The third kappa shape index (κ3) is 2.25. The largest absolute Gasteiger partial charge is 0.510 e. The Labute approximate surface area is 57.5 Å². The summed E-state index contributed by atoms with van der Waals surface area (Å²) in [4.78, 5) is 10.1. The molecule has 0 spiro atoms. The van der Waals surface area contributed by atoms with Crippen LogP contribution in [0.5, 0.6) is 0 Å². The molecule has 0 radical (unpaired) electrons. The maximum absolute atomic E-state index is 10.1. The summed E-state index contributed by atoms with van der Waals surface area (Å²) in [6.07, 6.45) is 0.790. The molecule has 0 aromatic heterocycles. The number of aliphatic hydroxyl groups excluding tert-OH is 1. The first-order valence-corrected chi connectivity index (χ1v) is 2.58. The number of nitrogens with one attached hydrogen (secondary N) is 1. The van der Waals surface area contributed by atoms with E-state index in [1.165, 1.54) is 6.92 Å². The summed E-state index contributed by atoms with van der Waals surface area (Å²) in [5, 5.41) is 19.7. The Morgan fingerprint density at radius 3 is 2.50 bits per heavy atom. The Bertz CT molecular complexity index is 176. The molecule has 0 aliphatic heterocycles. The second kappa shape index (κ2) is 3.60. The normalized spacial score (nSPS) is 14.3. The van der Waals surface area contributed by atoms with Gasteiger partial charge in [-0.2, -0.15) is 5.11 Å². The van der Waals surface area contributed by atoms with Gasteiger partial charge in [-0.05, 0) is 6.92 Å². The molecule has 0 heterocycles. The molecule has 0 aliphatic carbocycles. The van der Waals surface area contributed by atoms with Gasteiger partial charge < -0.3 is 10.2 Å². The first kappa shape index (κ1) is 8.61. The summed E-state index contributed by atoms with van der Waals surface area (Å²) in [5.41, 5.74) is 6.26. The maximum Gasteiger partial charge on any atom is 0.313 e. The van der Waals surface area contributed by atoms with Gasteiger partial charge >= 0.3 is 5.97 Å². The van der Waals surface area contributed by atoms with Crippen LogP contribution in [0.3, 0.4) is 0 Å². The van der Waals surface area contributed by atoms with Crippen molar-refractivity contribution in [3.05, 3.63) is 12.0 Å². The molecular weight excluding hydrogens is 136 g/mol. The Morgan fingerprint density at radius 2 is 2.20 bits per heavy atom. The fraction of sp³-hybridized carbons (Fsp3) is 0.400. The van der Waals surface area contributed by atoms with Crippen LogP contribution in [0.1, 0.15) is 6.92 Å². The zero-order valence-corrected chi connectivity index (χ0v) is 5.40. The minimum atomic E-state index is -1.14. The summed E-state index contributed by atoms with van der Waals surface area (Å²) >= 11 is 0. The van der Waals surface area contributed by atoms with Crippen LogP contribution in [0.25, 0.3) is 0 Å². The van der Waals surface area contributed by atoms with Gasteiger partial charge in [0.2, 0.25) is 0 Å². The van der Waals surface area contributed by atoms with E-state index in [0.29, 0.717) is 0 Å². The van der Waals surface area contributed by atoms with Crippen LogP contribution < -0.4 is 0 Å². The monoisotopic (exact) mass is 144 g/mol. The first-order chi connectivity index (χ1) is 4.59. The van der Waals surface area contributed by atoms with Crippen molar-refractivity contribution in [2.45, 2.75) is 6.92 Å². The minimum Gasteiger partial charge on any atom is -0.510 e. The van der Waals surface area contributed by atoms with Crippen LogP contribution in [-0.4, -0.2) is 16.2 Å². The summed E-state index contributed by atoms with van der Waals surface area (Å²) < 4.78 is 0. The quantitative estimate of drug-likeness (QED) is 0.409. The minimum absolute atomic E-state index is 0.414. The first-order valence-electron chi connectivity index (χ1n) is 2.58. The van der Waals surface area contributed by atoms with E-state index in [2.05, 4.69) is 5.11 Å². The average molecular weight is 144 g/mol. The van der Waals surface area contributed by atoms with Gasteiger partial charge in [0, 0.05) is 0 Å². The molecule has 0 aromatic rings. The molecule has 0 bridgehead atoms. The molecule has 10 heavy (non-hydrogen) atoms. The standard InChI is InChI=1S/C5H8N2O3/c1-3(5(9)10)4(8)2-7-6/h2-3,6,8H,1H3,(H,9,10). The van der Waals surface area contributed by atoms with E-state index in [1.54, 1.807) is 0 Å². The van der Waals surface area contributed by atoms with E-state index in [4.69, 9.17) is 15.7 Å². The highest BCUT2D eigenvalue weighted by molar-refractivity contribution is 5.72. The second-order valence-electron chi connectivity index (χ2n) is 1.74. The fourth-order valence-electron chi connectivity index (χ4n) is 0.304. The number of carboxylic acids is 1. The topological polar surface area (TPSA) is 93.7 Å². The third-order valence-electron chi connectivity index (χ3n) is 1.01. The van der Waals surface area contributed by atoms with Gasteiger partial charge in [-0.15, -0.1) is 0 Å². The van der Waals surface area contributed by atoms with Crippen LogP contribution in [0.4, 0.5) is 0 Å². The molecule has 5 heteroatoms. The van der Waals surface area contributed by atoms with E-state index in [-0.39, 0.29) is 0 Å². The van der Waals surface area contributed by atoms with Gasteiger partial charge in [0.1, 0.15) is 11.7 Å². The lowest BCUT2D eigenvalue weighted by Crippen LogP contribution is -2.11.